The Hall–Kier alpha value is -3.06. The molecule has 0 radical (unpaired) electrons. The number of anilines is 2. The van der Waals surface area contributed by atoms with Gasteiger partial charge in [-0.3, -0.25) is 14.9 Å². The van der Waals surface area contributed by atoms with Crippen molar-refractivity contribution in [2.24, 2.45) is 0 Å². The fraction of sp³-hybridized carbons (Fsp3) is 0.200. The van der Waals surface area contributed by atoms with Crippen molar-refractivity contribution in [1.29, 1.82) is 0 Å². The zero-order chi connectivity index (χ0) is 19.4. The van der Waals surface area contributed by atoms with Crippen molar-refractivity contribution >= 4 is 34.0 Å². The molecule has 1 aromatic heterocycles. The van der Waals surface area contributed by atoms with Gasteiger partial charge in [-0.1, -0.05) is 55.5 Å². The van der Waals surface area contributed by atoms with Crippen molar-refractivity contribution in [2.75, 3.05) is 10.6 Å². The molecule has 2 amide bonds. The molecule has 2 aromatic carbocycles. The second-order valence-electron chi connectivity index (χ2n) is 6.41. The second kappa shape index (κ2) is 8.09. The molecule has 7 heteroatoms. The van der Waals surface area contributed by atoms with Gasteiger partial charge in [0.1, 0.15) is 5.01 Å². The van der Waals surface area contributed by atoms with E-state index in [4.69, 9.17) is 0 Å². The quantitative estimate of drug-likeness (QED) is 0.681. The topological polar surface area (TPSA) is 84.0 Å². The number of carbonyl (C=O) groups excluding carboxylic acids is 2. The summed E-state index contributed by atoms with van der Waals surface area (Å²) in [5.74, 6) is -0.0264. The van der Waals surface area contributed by atoms with Crippen LogP contribution in [0, 0.1) is 0 Å². The van der Waals surface area contributed by atoms with Crippen LogP contribution in [0.15, 0.2) is 48.5 Å². The third-order valence-electron chi connectivity index (χ3n) is 3.91. The summed E-state index contributed by atoms with van der Waals surface area (Å²) in [7, 11) is 0. The van der Waals surface area contributed by atoms with Crippen LogP contribution in [0.4, 0.5) is 10.8 Å². The molecular weight excluding hydrogens is 360 g/mol. The molecule has 27 heavy (non-hydrogen) atoms. The van der Waals surface area contributed by atoms with E-state index in [1.165, 1.54) is 23.8 Å². The largest absolute Gasteiger partial charge is 0.326 e. The molecule has 0 fully saturated rings. The predicted octanol–water partition coefficient (Wildman–Crippen LogP) is 4.54. The molecule has 0 bridgehead atoms. The van der Waals surface area contributed by atoms with Crippen LogP contribution >= 0.6 is 11.3 Å². The lowest BCUT2D eigenvalue weighted by Gasteiger charge is -2.05. The molecule has 3 rings (SSSR count). The molecule has 0 atom stereocenters. The first-order valence-corrected chi connectivity index (χ1v) is 9.37. The maximum atomic E-state index is 12.4. The second-order valence-corrected chi connectivity index (χ2v) is 7.38. The van der Waals surface area contributed by atoms with Gasteiger partial charge < -0.3 is 5.32 Å². The Bertz CT molecular complexity index is 964. The average Bonchev–Trinajstić information content (AvgIpc) is 3.10. The molecule has 0 aliphatic rings. The number of nitrogens with one attached hydrogen (secondary N) is 2. The number of amides is 2. The van der Waals surface area contributed by atoms with Crippen LogP contribution in [-0.2, 0) is 4.79 Å². The highest BCUT2D eigenvalue weighted by atomic mass is 32.1. The van der Waals surface area contributed by atoms with Gasteiger partial charge in [0.25, 0.3) is 5.91 Å². The van der Waals surface area contributed by atoms with Crippen molar-refractivity contribution < 1.29 is 9.59 Å². The Morgan fingerprint density at radius 3 is 2.41 bits per heavy atom. The van der Waals surface area contributed by atoms with Crippen LogP contribution < -0.4 is 10.6 Å². The predicted molar refractivity (Wildman–Crippen MR) is 108 cm³/mol. The lowest BCUT2D eigenvalue weighted by atomic mass is 10.0. The molecule has 138 valence electrons. The summed E-state index contributed by atoms with van der Waals surface area (Å²) in [4.78, 5) is 23.6. The van der Waals surface area contributed by atoms with Crippen molar-refractivity contribution in [1.82, 2.24) is 10.2 Å². The molecule has 3 aromatic rings. The van der Waals surface area contributed by atoms with Gasteiger partial charge in [-0.2, -0.15) is 0 Å². The Labute approximate surface area is 161 Å². The minimum Gasteiger partial charge on any atom is -0.326 e. The summed E-state index contributed by atoms with van der Waals surface area (Å²) in [5.41, 5.74) is 3.22. The maximum Gasteiger partial charge on any atom is 0.257 e. The van der Waals surface area contributed by atoms with E-state index in [1.807, 2.05) is 12.1 Å². The molecule has 0 aliphatic heterocycles. The zero-order valence-corrected chi connectivity index (χ0v) is 16.1. The normalized spacial score (nSPS) is 10.7. The van der Waals surface area contributed by atoms with Crippen LogP contribution in [0.5, 0.6) is 0 Å². The summed E-state index contributed by atoms with van der Waals surface area (Å²) >= 11 is 1.31. The number of hydrogen-bond donors (Lipinski definition) is 2. The third kappa shape index (κ3) is 4.77. The van der Waals surface area contributed by atoms with E-state index in [9.17, 15) is 9.59 Å². The molecule has 2 N–H and O–H groups in total. The van der Waals surface area contributed by atoms with E-state index in [-0.39, 0.29) is 11.8 Å². The van der Waals surface area contributed by atoms with E-state index < -0.39 is 0 Å². The SMILES string of the molecule is CC(=O)Nc1cccc(C(=O)Nc2nnc(-c3ccc(C(C)C)cc3)s2)c1. The Morgan fingerprint density at radius 2 is 1.74 bits per heavy atom. The van der Waals surface area contributed by atoms with Gasteiger partial charge in [-0.25, -0.2) is 0 Å². The number of aromatic nitrogens is 2. The van der Waals surface area contributed by atoms with Crippen LogP contribution in [0.2, 0.25) is 0 Å². The third-order valence-corrected chi connectivity index (χ3v) is 4.80. The molecule has 0 saturated heterocycles. The summed E-state index contributed by atoms with van der Waals surface area (Å²) in [6.07, 6.45) is 0. The highest BCUT2D eigenvalue weighted by Crippen LogP contribution is 2.28. The molecule has 0 unspecified atom stereocenters. The minimum absolute atomic E-state index is 0.190. The van der Waals surface area contributed by atoms with Gasteiger partial charge in [-0.15, -0.1) is 10.2 Å². The number of hydrogen-bond acceptors (Lipinski definition) is 5. The lowest BCUT2D eigenvalue weighted by Crippen LogP contribution is -2.13. The Morgan fingerprint density at radius 1 is 1.00 bits per heavy atom. The summed E-state index contributed by atoms with van der Waals surface area (Å²) in [5, 5.41) is 14.8. The molecule has 0 spiro atoms. The first-order valence-electron chi connectivity index (χ1n) is 8.55. The highest BCUT2D eigenvalue weighted by molar-refractivity contribution is 7.18. The van der Waals surface area contributed by atoms with Crippen molar-refractivity contribution in [3.63, 3.8) is 0 Å². The Balaban J connectivity index is 1.72. The van der Waals surface area contributed by atoms with E-state index in [0.29, 0.717) is 22.3 Å². The molecule has 6 nitrogen and oxygen atoms in total. The van der Waals surface area contributed by atoms with Crippen LogP contribution in [0.1, 0.15) is 42.6 Å². The first-order chi connectivity index (χ1) is 12.9. The van der Waals surface area contributed by atoms with E-state index in [2.05, 4.69) is 46.8 Å². The molecule has 1 heterocycles. The van der Waals surface area contributed by atoms with Crippen molar-refractivity contribution in [3.05, 3.63) is 59.7 Å². The smallest absolute Gasteiger partial charge is 0.257 e. The van der Waals surface area contributed by atoms with E-state index in [0.717, 1.165) is 10.6 Å². The van der Waals surface area contributed by atoms with Gasteiger partial charge >= 0.3 is 0 Å². The fourth-order valence-electron chi connectivity index (χ4n) is 2.51. The lowest BCUT2D eigenvalue weighted by molar-refractivity contribution is -0.114. The zero-order valence-electron chi connectivity index (χ0n) is 15.3. The maximum absolute atomic E-state index is 12.4. The van der Waals surface area contributed by atoms with Gasteiger partial charge in [0.2, 0.25) is 11.0 Å². The van der Waals surface area contributed by atoms with E-state index in [1.54, 1.807) is 24.3 Å². The number of benzene rings is 2. The first kappa shape index (κ1) is 18.7. The number of carbonyl (C=O) groups is 2. The van der Waals surface area contributed by atoms with Gasteiger partial charge in [0.15, 0.2) is 0 Å². The van der Waals surface area contributed by atoms with E-state index >= 15 is 0 Å². The standard InChI is InChI=1S/C20H20N4O2S/c1-12(2)14-7-9-15(10-8-14)19-23-24-20(27-19)22-18(26)16-5-4-6-17(11-16)21-13(3)25/h4-12H,1-3H3,(H,21,25)(H,22,24,26). The van der Waals surface area contributed by atoms with Crippen LogP contribution in [0.3, 0.4) is 0 Å². The minimum atomic E-state index is -0.306. The van der Waals surface area contributed by atoms with Crippen LogP contribution in [-0.4, -0.2) is 22.0 Å². The van der Waals surface area contributed by atoms with Crippen LogP contribution in [0.25, 0.3) is 10.6 Å². The van der Waals surface area contributed by atoms with Gasteiger partial charge in [-0.05, 0) is 29.7 Å². The fourth-order valence-corrected chi connectivity index (χ4v) is 3.26. The average molecular weight is 380 g/mol. The van der Waals surface area contributed by atoms with Gasteiger partial charge in [0, 0.05) is 23.7 Å². The monoisotopic (exact) mass is 380 g/mol. The van der Waals surface area contributed by atoms with Crippen molar-refractivity contribution in [2.45, 2.75) is 26.7 Å². The number of rotatable bonds is 5. The summed E-state index contributed by atoms with van der Waals surface area (Å²) in [6.45, 7) is 5.71. The molecular formula is C20H20N4O2S. The Kier molecular flexibility index (Phi) is 5.61. The van der Waals surface area contributed by atoms with Gasteiger partial charge in [0.05, 0.1) is 0 Å². The number of nitrogens with zero attached hydrogens (tertiary/aromatic N) is 2. The molecule has 0 saturated carbocycles. The highest BCUT2D eigenvalue weighted by Gasteiger charge is 2.12. The summed E-state index contributed by atoms with van der Waals surface area (Å²) in [6, 6.07) is 14.9. The van der Waals surface area contributed by atoms with Crippen molar-refractivity contribution in [3.8, 4) is 10.6 Å². The summed E-state index contributed by atoms with van der Waals surface area (Å²) < 4.78 is 0. The molecule has 0 aliphatic carbocycles.